The van der Waals surface area contributed by atoms with Gasteiger partial charge in [-0.25, -0.2) is 22.6 Å². The van der Waals surface area contributed by atoms with E-state index in [-0.39, 0.29) is 48.9 Å². The number of hydrogen-bond donors (Lipinski definition) is 3. The third kappa shape index (κ3) is 7.64. The average Bonchev–Trinajstić information content (AvgIpc) is 4.09. The number of carbonyl (C=O) groups excluding carboxylic acids is 3. The molecule has 3 aliphatic carbocycles. The molecule has 0 unspecified atom stereocenters. The molecule has 3 saturated carbocycles. The van der Waals surface area contributed by atoms with Crippen molar-refractivity contribution < 1.29 is 46.6 Å². The number of fused-ring (bicyclic) bond motifs is 3. The lowest BCUT2D eigenvalue weighted by molar-refractivity contribution is -0.144. The highest BCUT2D eigenvalue weighted by molar-refractivity contribution is 7.91. The maximum absolute atomic E-state index is 15.1. The van der Waals surface area contributed by atoms with Gasteiger partial charge in [-0.3, -0.25) is 24.0 Å². The molecule has 0 radical (unpaired) electrons. The standard InChI is InChI=1S/C40H52FN5O9S/c1-23-8-6-7-9-25-20-40(25,36(49)44-56(52,53)39(4)13-14-39)43-33(47)30-19-27(55-34-29-17-26(41)18-31(54-5)28(29)10-15-42-34)21-45(30)35(48)32(24(2)16-23)46(37(50)51)22-38(3)11-12-38/h7,9-10,15,17-18,23-25,27,30,32H,6,8,11-14,16,19-22H2,1-5H3,(H,43,47)(H,44,49)(H,50,51)/t23-,24+,25+,27+,30-,32-,40+/m0/s1. The third-order valence-corrected chi connectivity index (χ3v) is 14.9. The predicted molar refractivity (Wildman–Crippen MR) is 204 cm³/mol. The van der Waals surface area contributed by atoms with Gasteiger partial charge in [0.1, 0.15) is 35.3 Å². The molecular weight excluding hydrogens is 746 g/mol. The van der Waals surface area contributed by atoms with E-state index in [9.17, 15) is 32.3 Å². The third-order valence-electron chi connectivity index (χ3n) is 12.7. The minimum atomic E-state index is -4.04. The van der Waals surface area contributed by atoms with Crippen molar-refractivity contribution in [1.82, 2.24) is 24.8 Å². The van der Waals surface area contributed by atoms with Crippen LogP contribution in [0, 0.1) is 29.0 Å². The second kappa shape index (κ2) is 14.5. The Kier molecular flexibility index (Phi) is 10.3. The summed E-state index contributed by atoms with van der Waals surface area (Å²) in [4.78, 5) is 63.5. The van der Waals surface area contributed by atoms with E-state index in [0.717, 1.165) is 19.3 Å². The summed E-state index contributed by atoms with van der Waals surface area (Å²) in [6.07, 6.45) is 7.61. The van der Waals surface area contributed by atoms with Crippen LogP contribution >= 0.6 is 0 Å². The van der Waals surface area contributed by atoms with E-state index in [2.05, 4.69) is 21.9 Å². The van der Waals surface area contributed by atoms with E-state index in [1.807, 2.05) is 26.0 Å². The molecule has 7 atom stereocenters. The number of hydrogen-bond acceptors (Lipinski definition) is 9. The summed E-state index contributed by atoms with van der Waals surface area (Å²) in [7, 11) is -2.62. The molecule has 2 aromatic rings. The fourth-order valence-electron chi connectivity index (χ4n) is 8.50. The number of aromatic nitrogens is 1. The number of halogens is 1. The van der Waals surface area contributed by atoms with Crippen molar-refractivity contribution >= 4 is 44.6 Å². The van der Waals surface area contributed by atoms with Crippen molar-refractivity contribution in [2.75, 3.05) is 20.2 Å². The molecule has 0 spiro atoms. The molecule has 5 aliphatic rings. The summed E-state index contributed by atoms with van der Waals surface area (Å²) in [6.45, 7) is 7.49. The van der Waals surface area contributed by atoms with Crippen LogP contribution < -0.4 is 19.5 Å². The van der Waals surface area contributed by atoms with E-state index in [1.165, 1.54) is 35.2 Å². The molecule has 0 bridgehead atoms. The van der Waals surface area contributed by atoms with E-state index in [1.54, 1.807) is 13.0 Å². The van der Waals surface area contributed by atoms with Crippen LogP contribution in [-0.4, -0.2) is 101 Å². The van der Waals surface area contributed by atoms with Gasteiger partial charge in [0.15, 0.2) is 0 Å². The molecule has 7 rings (SSSR count). The summed E-state index contributed by atoms with van der Waals surface area (Å²) >= 11 is 0. The van der Waals surface area contributed by atoms with Crippen LogP contribution in [0.25, 0.3) is 10.8 Å². The Balaban J connectivity index is 1.26. The largest absolute Gasteiger partial charge is 0.496 e. The van der Waals surface area contributed by atoms with Crippen LogP contribution in [0.5, 0.6) is 11.6 Å². The van der Waals surface area contributed by atoms with Gasteiger partial charge in [-0.05, 0) is 87.7 Å². The molecular formula is C40H52FN5O9S. The fraction of sp³-hybridized carbons (Fsp3) is 0.625. The maximum atomic E-state index is 15.1. The normalized spacial score (nSPS) is 30.9. The minimum Gasteiger partial charge on any atom is -0.496 e. The van der Waals surface area contributed by atoms with Gasteiger partial charge in [0.05, 0.1) is 23.8 Å². The lowest BCUT2D eigenvalue weighted by Gasteiger charge is -2.38. The number of allylic oxidation sites excluding steroid dienone is 1. The molecule has 1 aromatic heterocycles. The summed E-state index contributed by atoms with van der Waals surface area (Å²) in [5.41, 5.74) is -1.86. The van der Waals surface area contributed by atoms with Gasteiger partial charge in [-0.2, -0.15) is 0 Å². The van der Waals surface area contributed by atoms with Gasteiger partial charge in [-0.1, -0.05) is 32.9 Å². The number of carboxylic acid groups (broad SMARTS) is 1. The zero-order valence-corrected chi connectivity index (χ0v) is 33.4. The zero-order valence-electron chi connectivity index (χ0n) is 32.5. The number of sulfonamides is 1. The topological polar surface area (TPSA) is 185 Å². The van der Waals surface area contributed by atoms with Gasteiger partial charge in [0.25, 0.3) is 5.91 Å². The first-order valence-corrected chi connectivity index (χ1v) is 21.0. The Hall–Kier alpha value is -4.47. The monoisotopic (exact) mass is 797 g/mol. The Morgan fingerprint density at radius 2 is 1.86 bits per heavy atom. The Morgan fingerprint density at radius 1 is 1.12 bits per heavy atom. The molecule has 3 N–H and O–H groups in total. The summed E-state index contributed by atoms with van der Waals surface area (Å²) in [6, 6.07) is 1.78. The van der Waals surface area contributed by atoms with Crippen LogP contribution in [-0.2, 0) is 24.4 Å². The highest BCUT2D eigenvalue weighted by atomic mass is 32.2. The number of nitrogens with zero attached hydrogens (tertiary/aromatic N) is 3. The molecule has 3 heterocycles. The van der Waals surface area contributed by atoms with Gasteiger partial charge in [0, 0.05) is 36.5 Å². The second-order valence-electron chi connectivity index (χ2n) is 17.4. The van der Waals surface area contributed by atoms with Crippen LogP contribution in [0.3, 0.4) is 0 Å². The number of nitrogens with one attached hydrogen (secondary N) is 2. The highest BCUT2D eigenvalue weighted by Crippen LogP contribution is 2.49. The SMILES string of the molecule is COc1cc(F)cc2c(O[C@@H]3C[C@H]4C(=O)N[C@]5(C(=O)NS(=O)(=O)C6(C)CC6)C[C@H]5C=CCC[C@H](C)C[C@@H](C)[C@H](N(CC5(C)CC5)C(=O)O)C(=O)N4C3)nccc12. The fourth-order valence-corrected chi connectivity index (χ4v) is 9.81. The van der Waals surface area contributed by atoms with Crippen molar-refractivity contribution in [3.05, 3.63) is 42.4 Å². The lowest BCUT2D eigenvalue weighted by atomic mass is 9.86. The number of methoxy groups -OCH3 is 1. The summed E-state index contributed by atoms with van der Waals surface area (Å²) in [5.74, 6) is -3.20. The molecule has 1 aromatic carbocycles. The van der Waals surface area contributed by atoms with Crippen molar-refractivity contribution in [1.29, 1.82) is 0 Å². The first kappa shape index (κ1) is 39.8. The van der Waals surface area contributed by atoms with Crippen LogP contribution in [0.1, 0.15) is 85.5 Å². The minimum absolute atomic E-state index is 0.0514. The van der Waals surface area contributed by atoms with E-state index >= 15 is 4.79 Å². The van der Waals surface area contributed by atoms with Gasteiger partial charge < -0.3 is 24.8 Å². The van der Waals surface area contributed by atoms with Crippen molar-refractivity contribution in [2.45, 2.75) is 114 Å². The van der Waals surface area contributed by atoms with Crippen molar-refractivity contribution in [3.63, 3.8) is 0 Å². The van der Waals surface area contributed by atoms with Crippen molar-refractivity contribution in [3.8, 4) is 11.6 Å². The Labute approximate surface area is 326 Å². The Morgan fingerprint density at radius 3 is 2.52 bits per heavy atom. The number of rotatable bonds is 9. The maximum Gasteiger partial charge on any atom is 0.408 e. The molecule has 2 aliphatic heterocycles. The van der Waals surface area contributed by atoms with E-state index < -0.39 is 80.0 Å². The average molecular weight is 798 g/mol. The first-order chi connectivity index (χ1) is 26.4. The summed E-state index contributed by atoms with van der Waals surface area (Å²) in [5, 5.41) is 14.3. The highest BCUT2D eigenvalue weighted by Gasteiger charge is 2.63. The molecule has 304 valence electrons. The number of amides is 4. The second-order valence-corrected chi connectivity index (χ2v) is 19.6. The van der Waals surface area contributed by atoms with Crippen LogP contribution in [0.2, 0.25) is 0 Å². The number of benzene rings is 1. The first-order valence-electron chi connectivity index (χ1n) is 19.5. The molecule has 4 fully saturated rings. The number of ether oxygens (including phenoxy) is 2. The lowest BCUT2D eigenvalue weighted by Crippen LogP contribution is -2.60. The van der Waals surface area contributed by atoms with Gasteiger partial charge in [-0.15, -0.1) is 0 Å². The predicted octanol–water partition coefficient (Wildman–Crippen LogP) is 4.77. The quantitative estimate of drug-likeness (QED) is 0.299. The van der Waals surface area contributed by atoms with Crippen molar-refractivity contribution in [2.24, 2.45) is 23.2 Å². The van der Waals surface area contributed by atoms with Crippen LogP contribution in [0.4, 0.5) is 9.18 Å². The molecule has 4 amide bonds. The molecule has 1 saturated heterocycles. The van der Waals surface area contributed by atoms with Crippen LogP contribution in [0.15, 0.2) is 36.5 Å². The smallest absolute Gasteiger partial charge is 0.408 e. The Bertz CT molecular complexity index is 2070. The van der Waals surface area contributed by atoms with E-state index in [4.69, 9.17) is 9.47 Å². The van der Waals surface area contributed by atoms with Gasteiger partial charge in [0.2, 0.25) is 27.7 Å². The summed E-state index contributed by atoms with van der Waals surface area (Å²) < 4.78 is 54.1. The van der Waals surface area contributed by atoms with Gasteiger partial charge >= 0.3 is 6.09 Å². The molecule has 14 nitrogen and oxygen atoms in total. The molecule has 16 heteroatoms. The van der Waals surface area contributed by atoms with E-state index in [0.29, 0.717) is 36.5 Å². The number of pyridine rings is 1. The number of carbonyl (C=O) groups is 4. The zero-order chi connectivity index (χ0) is 40.4. The molecule has 56 heavy (non-hydrogen) atoms.